The van der Waals surface area contributed by atoms with Gasteiger partial charge in [-0.25, -0.2) is 0 Å². The Bertz CT molecular complexity index is 120. The van der Waals surface area contributed by atoms with Crippen molar-refractivity contribution < 1.29 is 0 Å². The minimum absolute atomic E-state index is 0.791. The summed E-state index contributed by atoms with van der Waals surface area (Å²) in [5.41, 5.74) is 0. The molecule has 0 fully saturated rings. The number of hydrogen-bond acceptors (Lipinski definition) is 7. The first-order valence-electron chi connectivity index (χ1n) is 6.36. The maximum absolute atomic E-state index is 3.22. The highest BCUT2D eigenvalue weighted by Crippen LogP contribution is 1.56. The van der Waals surface area contributed by atoms with Gasteiger partial charge in [0.1, 0.15) is 0 Å². The Labute approximate surface area is 105 Å². The van der Waals surface area contributed by atoms with Gasteiger partial charge in [0.2, 0.25) is 0 Å². The maximum atomic E-state index is 3.22. The average molecular weight is 247 g/mol. The molecule has 0 aliphatic rings. The average Bonchev–Trinajstić information content (AvgIpc) is 2.35. The Morgan fingerprint density at radius 3 is 0.882 bits per heavy atom. The summed E-state index contributed by atoms with van der Waals surface area (Å²) in [5.74, 6) is 0. The Balaban J connectivity index is 2.85. The highest BCUT2D eigenvalue weighted by Gasteiger charge is 1.87. The molecule has 7 heteroatoms. The van der Waals surface area contributed by atoms with Crippen LogP contribution in [-0.4, -0.2) is 53.1 Å². The predicted molar refractivity (Wildman–Crippen MR) is 72.2 cm³/mol. The van der Waals surface area contributed by atoms with E-state index in [1.807, 2.05) is 0 Å². The molecule has 0 aliphatic heterocycles. The van der Waals surface area contributed by atoms with Crippen LogP contribution in [0.2, 0.25) is 0 Å². The second kappa shape index (κ2) is 15.7. The Morgan fingerprint density at radius 1 is 0.412 bits per heavy atom. The van der Waals surface area contributed by atoms with E-state index in [-0.39, 0.29) is 0 Å². The minimum atomic E-state index is 0.791. The van der Waals surface area contributed by atoms with Crippen molar-refractivity contribution in [2.24, 2.45) is 0 Å². The van der Waals surface area contributed by atoms with Gasteiger partial charge in [0, 0.05) is 40.0 Å². The van der Waals surface area contributed by atoms with E-state index in [1.54, 1.807) is 0 Å². The third-order valence-corrected chi connectivity index (χ3v) is 2.00. The van der Waals surface area contributed by atoms with Crippen molar-refractivity contribution in [3.8, 4) is 0 Å². The Kier molecular flexibility index (Phi) is 15.5. The SMILES string of the molecule is CCNCNCNCNCNCNCNCC. The van der Waals surface area contributed by atoms with Crippen molar-refractivity contribution in [1.29, 1.82) is 0 Å². The molecule has 7 N–H and O–H groups in total. The molecule has 0 atom stereocenters. The van der Waals surface area contributed by atoms with Crippen LogP contribution in [0.4, 0.5) is 0 Å². The minimum Gasteiger partial charge on any atom is -0.305 e. The number of rotatable bonds is 14. The topological polar surface area (TPSA) is 84.2 Å². The molecule has 0 rings (SSSR count). The van der Waals surface area contributed by atoms with E-state index in [9.17, 15) is 0 Å². The second-order valence-electron chi connectivity index (χ2n) is 3.52. The Morgan fingerprint density at radius 2 is 0.647 bits per heavy atom. The molecule has 0 saturated carbocycles. The van der Waals surface area contributed by atoms with Crippen molar-refractivity contribution in [3.63, 3.8) is 0 Å². The van der Waals surface area contributed by atoms with Gasteiger partial charge < -0.3 is 10.6 Å². The summed E-state index contributed by atoms with van der Waals surface area (Å²) < 4.78 is 0. The highest BCUT2D eigenvalue weighted by atomic mass is 15.2. The summed E-state index contributed by atoms with van der Waals surface area (Å²) >= 11 is 0. The summed E-state index contributed by atoms with van der Waals surface area (Å²) in [5, 5.41) is 22.5. The van der Waals surface area contributed by atoms with Gasteiger partial charge in [-0.15, -0.1) is 0 Å². The van der Waals surface area contributed by atoms with Gasteiger partial charge in [-0.1, -0.05) is 13.8 Å². The molecule has 7 nitrogen and oxygen atoms in total. The fourth-order valence-corrected chi connectivity index (χ4v) is 1.09. The zero-order valence-corrected chi connectivity index (χ0v) is 11.2. The van der Waals surface area contributed by atoms with Crippen molar-refractivity contribution in [2.45, 2.75) is 13.8 Å². The molecule has 0 saturated heterocycles. The first-order chi connectivity index (χ1) is 8.41. The largest absolute Gasteiger partial charge is 0.305 e. The van der Waals surface area contributed by atoms with Crippen molar-refractivity contribution >= 4 is 0 Å². The fourth-order valence-electron chi connectivity index (χ4n) is 1.09. The molecule has 0 bridgehead atoms. The molecule has 17 heavy (non-hydrogen) atoms. The van der Waals surface area contributed by atoms with Crippen LogP contribution in [0.25, 0.3) is 0 Å². The molecular weight excluding hydrogens is 218 g/mol. The van der Waals surface area contributed by atoms with Gasteiger partial charge in [-0.3, -0.25) is 26.6 Å². The molecule has 0 heterocycles. The molecule has 0 aliphatic carbocycles. The van der Waals surface area contributed by atoms with Gasteiger partial charge in [0.15, 0.2) is 0 Å². The molecule has 0 aromatic carbocycles. The van der Waals surface area contributed by atoms with E-state index in [1.165, 1.54) is 0 Å². The van der Waals surface area contributed by atoms with Crippen molar-refractivity contribution in [3.05, 3.63) is 0 Å². The normalized spacial score (nSPS) is 10.9. The smallest absolute Gasteiger partial charge is 0.0474 e. The molecule has 104 valence electrons. The first-order valence-corrected chi connectivity index (χ1v) is 6.36. The molecule has 0 aromatic rings. The van der Waals surface area contributed by atoms with Crippen LogP contribution < -0.4 is 37.2 Å². The lowest BCUT2D eigenvalue weighted by atomic mass is 10.7. The number of nitrogens with one attached hydrogen (secondary N) is 7. The molecule has 0 amide bonds. The second-order valence-corrected chi connectivity index (χ2v) is 3.52. The predicted octanol–water partition coefficient (Wildman–Crippen LogP) is -2.10. The van der Waals surface area contributed by atoms with Gasteiger partial charge >= 0.3 is 0 Å². The third kappa shape index (κ3) is 15.7. The fraction of sp³-hybridized carbons (Fsp3) is 1.00. The highest BCUT2D eigenvalue weighted by molar-refractivity contribution is 4.47. The van der Waals surface area contributed by atoms with Crippen LogP contribution in [-0.2, 0) is 0 Å². The Hall–Kier alpha value is -0.280. The standard InChI is InChI=1S/C10H29N7/c1-3-11-5-13-7-15-9-17-10-16-8-14-6-12-4-2/h11-17H,3-10H2,1-2H3. The van der Waals surface area contributed by atoms with E-state index >= 15 is 0 Å². The lowest BCUT2D eigenvalue weighted by Gasteiger charge is -2.10. The molecule has 0 radical (unpaired) electrons. The molecule has 0 spiro atoms. The van der Waals surface area contributed by atoms with Gasteiger partial charge in [-0.05, 0) is 13.1 Å². The lowest BCUT2D eigenvalue weighted by molar-refractivity contribution is 0.475. The van der Waals surface area contributed by atoms with Crippen LogP contribution in [0.3, 0.4) is 0 Å². The quantitative estimate of drug-likeness (QED) is 0.140. The van der Waals surface area contributed by atoms with E-state index in [2.05, 4.69) is 51.1 Å². The zero-order chi connectivity index (χ0) is 12.6. The van der Waals surface area contributed by atoms with E-state index in [0.717, 1.165) is 53.1 Å². The number of hydrogen-bond donors (Lipinski definition) is 7. The first kappa shape index (κ1) is 16.7. The maximum Gasteiger partial charge on any atom is 0.0474 e. The van der Waals surface area contributed by atoms with Gasteiger partial charge in [0.05, 0.1) is 0 Å². The van der Waals surface area contributed by atoms with E-state index in [4.69, 9.17) is 0 Å². The van der Waals surface area contributed by atoms with Crippen LogP contribution in [0.5, 0.6) is 0 Å². The molecule has 0 aromatic heterocycles. The monoisotopic (exact) mass is 247 g/mol. The summed E-state index contributed by atoms with van der Waals surface area (Å²) in [4.78, 5) is 0. The molecule has 0 unspecified atom stereocenters. The van der Waals surface area contributed by atoms with E-state index in [0.29, 0.717) is 0 Å². The molecular formula is C10H29N7. The van der Waals surface area contributed by atoms with Crippen molar-refractivity contribution in [1.82, 2.24) is 37.2 Å². The van der Waals surface area contributed by atoms with Crippen LogP contribution in [0.1, 0.15) is 13.8 Å². The summed E-state index contributed by atoms with van der Waals surface area (Å²) in [7, 11) is 0. The van der Waals surface area contributed by atoms with Crippen LogP contribution in [0, 0.1) is 0 Å². The van der Waals surface area contributed by atoms with Crippen molar-refractivity contribution in [2.75, 3.05) is 53.1 Å². The van der Waals surface area contributed by atoms with E-state index < -0.39 is 0 Å². The third-order valence-electron chi connectivity index (χ3n) is 2.00. The van der Waals surface area contributed by atoms with Gasteiger partial charge in [0.25, 0.3) is 0 Å². The lowest BCUT2D eigenvalue weighted by Crippen LogP contribution is -2.44. The van der Waals surface area contributed by atoms with Gasteiger partial charge in [-0.2, -0.15) is 0 Å². The van der Waals surface area contributed by atoms with Crippen LogP contribution in [0.15, 0.2) is 0 Å². The zero-order valence-electron chi connectivity index (χ0n) is 11.2. The summed E-state index contributed by atoms with van der Waals surface area (Å²) in [6.45, 7) is 11.0. The summed E-state index contributed by atoms with van der Waals surface area (Å²) in [6.07, 6.45) is 0. The summed E-state index contributed by atoms with van der Waals surface area (Å²) in [6, 6.07) is 0. The van der Waals surface area contributed by atoms with Crippen LogP contribution >= 0.6 is 0 Å².